The molecule has 33 heavy (non-hydrogen) atoms. The topological polar surface area (TPSA) is 25.2 Å². The van der Waals surface area contributed by atoms with Gasteiger partial charge in [-0.2, -0.15) is 13.2 Å². The van der Waals surface area contributed by atoms with Gasteiger partial charge in [-0.1, -0.05) is 44.2 Å². The largest absolute Gasteiger partial charge is 0.416 e. The third-order valence-corrected chi connectivity index (χ3v) is 7.03. The van der Waals surface area contributed by atoms with Crippen LogP contribution >= 0.6 is 0 Å². The molecule has 0 spiro atoms. The Morgan fingerprint density at radius 1 is 1.00 bits per heavy atom. The highest BCUT2D eigenvalue weighted by atomic mass is 19.4. The number of benzene rings is 2. The number of amides is 1. The van der Waals surface area contributed by atoms with Gasteiger partial charge in [0.05, 0.1) is 5.56 Å². The van der Waals surface area contributed by atoms with E-state index in [0.29, 0.717) is 12.5 Å². The van der Waals surface area contributed by atoms with Gasteiger partial charge in [-0.25, -0.2) is 0 Å². The lowest BCUT2D eigenvalue weighted by atomic mass is 9.88. The Bertz CT molecular complexity index is 1090. The van der Waals surface area contributed by atoms with Crippen LogP contribution < -0.4 is 0 Å². The number of carbonyl (C=O) groups excluding carboxylic acids is 1. The summed E-state index contributed by atoms with van der Waals surface area (Å²) >= 11 is 0. The van der Waals surface area contributed by atoms with Crippen LogP contribution in [0.25, 0.3) is 10.9 Å². The Morgan fingerprint density at radius 2 is 1.64 bits per heavy atom. The molecule has 176 valence electrons. The van der Waals surface area contributed by atoms with Crippen LogP contribution in [0.15, 0.2) is 54.7 Å². The van der Waals surface area contributed by atoms with Gasteiger partial charge in [-0.3, -0.25) is 4.79 Å². The number of aromatic nitrogens is 1. The number of fused-ring (bicyclic) bond motifs is 1. The quantitative estimate of drug-likeness (QED) is 0.398. The summed E-state index contributed by atoms with van der Waals surface area (Å²) in [5, 5.41) is 1.19. The number of nitrogens with zero attached hydrogens (tertiary/aromatic N) is 2. The van der Waals surface area contributed by atoms with Crippen molar-refractivity contribution in [1.82, 2.24) is 9.47 Å². The Morgan fingerprint density at radius 3 is 2.24 bits per heavy atom. The zero-order chi connectivity index (χ0) is 23.6. The van der Waals surface area contributed by atoms with Crippen LogP contribution in [0, 0.1) is 5.92 Å². The zero-order valence-corrected chi connectivity index (χ0v) is 19.2. The maximum absolute atomic E-state index is 12.9. The lowest BCUT2D eigenvalue weighted by Crippen LogP contribution is -2.41. The zero-order valence-electron chi connectivity index (χ0n) is 19.2. The molecule has 1 aliphatic rings. The van der Waals surface area contributed by atoms with E-state index >= 15 is 0 Å². The fraction of sp³-hybridized carbons (Fsp3) is 0.444. The standard InChI is InChI=1S/C27H31F3N2O/c1-3-20(4-2)26(33)31-15-13-21(14-16-31)24-18-32(25-8-6-5-7-23(24)25)17-19-9-11-22(12-10-19)27(28,29)30/h5-12,18,20-21H,3-4,13-17H2,1-2H3. The number of carbonyl (C=O) groups is 1. The molecule has 0 saturated carbocycles. The van der Waals surface area contributed by atoms with E-state index in [4.69, 9.17) is 0 Å². The van der Waals surface area contributed by atoms with Crippen molar-refractivity contribution in [2.75, 3.05) is 13.1 Å². The minimum atomic E-state index is -4.32. The first-order chi connectivity index (χ1) is 15.8. The highest BCUT2D eigenvalue weighted by Gasteiger charge is 2.30. The molecule has 0 N–H and O–H groups in total. The van der Waals surface area contributed by atoms with Gasteiger partial charge in [0.25, 0.3) is 0 Å². The number of likely N-dealkylation sites (tertiary alicyclic amines) is 1. The number of halogens is 3. The Kier molecular flexibility index (Phi) is 6.82. The van der Waals surface area contributed by atoms with E-state index in [0.717, 1.165) is 62.0 Å². The van der Waals surface area contributed by atoms with Crippen molar-refractivity contribution in [2.45, 2.75) is 58.2 Å². The molecule has 2 aromatic carbocycles. The summed E-state index contributed by atoms with van der Waals surface area (Å²) in [5.41, 5.74) is 2.56. The van der Waals surface area contributed by atoms with E-state index in [2.05, 4.69) is 36.7 Å². The molecule has 1 aromatic heterocycles. The molecular formula is C27H31F3N2O. The highest BCUT2D eigenvalue weighted by Crippen LogP contribution is 2.35. The molecule has 6 heteroatoms. The second-order valence-electron chi connectivity index (χ2n) is 9.04. The molecule has 2 heterocycles. The monoisotopic (exact) mass is 456 g/mol. The van der Waals surface area contributed by atoms with Gasteiger partial charge in [0, 0.05) is 42.7 Å². The van der Waals surface area contributed by atoms with Crippen LogP contribution in [0.4, 0.5) is 13.2 Å². The summed E-state index contributed by atoms with van der Waals surface area (Å²) in [4.78, 5) is 14.8. The number of para-hydroxylation sites is 1. The predicted molar refractivity (Wildman–Crippen MR) is 125 cm³/mol. The molecule has 0 unspecified atom stereocenters. The molecule has 0 atom stereocenters. The van der Waals surface area contributed by atoms with E-state index < -0.39 is 11.7 Å². The summed E-state index contributed by atoms with van der Waals surface area (Å²) in [7, 11) is 0. The average molecular weight is 457 g/mol. The highest BCUT2D eigenvalue weighted by molar-refractivity contribution is 5.85. The van der Waals surface area contributed by atoms with Gasteiger partial charge in [0.1, 0.15) is 0 Å². The smallest absolute Gasteiger partial charge is 0.343 e. The van der Waals surface area contributed by atoms with E-state index in [1.807, 2.05) is 17.0 Å². The van der Waals surface area contributed by atoms with Crippen LogP contribution in [0.2, 0.25) is 0 Å². The lowest BCUT2D eigenvalue weighted by Gasteiger charge is -2.34. The van der Waals surface area contributed by atoms with Crippen molar-refractivity contribution in [1.29, 1.82) is 0 Å². The van der Waals surface area contributed by atoms with E-state index in [1.54, 1.807) is 12.1 Å². The molecule has 0 aliphatic carbocycles. The third-order valence-electron chi connectivity index (χ3n) is 7.03. The van der Waals surface area contributed by atoms with Gasteiger partial charge < -0.3 is 9.47 Å². The Balaban J connectivity index is 1.53. The molecular weight excluding hydrogens is 425 g/mol. The number of hydrogen-bond donors (Lipinski definition) is 0. The van der Waals surface area contributed by atoms with Crippen LogP contribution in [0.1, 0.15) is 62.1 Å². The minimum Gasteiger partial charge on any atom is -0.343 e. The van der Waals surface area contributed by atoms with Crippen LogP contribution in [0.5, 0.6) is 0 Å². The lowest BCUT2D eigenvalue weighted by molar-refractivity contribution is -0.138. The first kappa shape index (κ1) is 23.4. The fourth-order valence-corrected chi connectivity index (χ4v) is 5.03. The van der Waals surface area contributed by atoms with Crippen molar-refractivity contribution >= 4 is 16.8 Å². The second kappa shape index (κ2) is 9.62. The van der Waals surface area contributed by atoms with Gasteiger partial charge in [-0.15, -0.1) is 0 Å². The second-order valence-corrected chi connectivity index (χ2v) is 9.04. The summed E-state index contributed by atoms with van der Waals surface area (Å²) in [6.45, 7) is 6.22. The van der Waals surface area contributed by atoms with E-state index in [-0.39, 0.29) is 11.8 Å². The summed E-state index contributed by atoms with van der Waals surface area (Å²) in [5.74, 6) is 0.768. The van der Waals surface area contributed by atoms with Crippen molar-refractivity contribution in [3.8, 4) is 0 Å². The predicted octanol–water partition coefficient (Wildman–Crippen LogP) is 6.85. The number of hydrogen-bond acceptors (Lipinski definition) is 1. The first-order valence-electron chi connectivity index (χ1n) is 11.8. The SMILES string of the molecule is CCC(CC)C(=O)N1CCC(c2cn(Cc3ccc(C(F)(F)F)cc3)c3ccccc23)CC1. The van der Waals surface area contributed by atoms with Gasteiger partial charge >= 0.3 is 6.18 Å². The fourth-order valence-electron chi connectivity index (χ4n) is 5.03. The molecule has 1 saturated heterocycles. The molecule has 0 bridgehead atoms. The average Bonchev–Trinajstić information content (AvgIpc) is 3.18. The van der Waals surface area contributed by atoms with E-state index in [9.17, 15) is 18.0 Å². The Labute approximate surface area is 193 Å². The van der Waals surface area contributed by atoms with Crippen molar-refractivity contribution in [3.05, 3.63) is 71.4 Å². The maximum Gasteiger partial charge on any atom is 0.416 e. The summed E-state index contributed by atoms with van der Waals surface area (Å²) in [6, 6.07) is 13.6. The van der Waals surface area contributed by atoms with Gasteiger partial charge in [0.15, 0.2) is 0 Å². The van der Waals surface area contributed by atoms with Crippen LogP contribution in [0.3, 0.4) is 0 Å². The van der Waals surface area contributed by atoms with Gasteiger partial charge in [0.2, 0.25) is 5.91 Å². The molecule has 1 amide bonds. The first-order valence-corrected chi connectivity index (χ1v) is 11.8. The van der Waals surface area contributed by atoms with Crippen LogP contribution in [-0.2, 0) is 17.5 Å². The normalized spacial score (nSPS) is 15.5. The third kappa shape index (κ3) is 4.94. The Hall–Kier alpha value is -2.76. The van der Waals surface area contributed by atoms with E-state index in [1.165, 1.54) is 10.9 Å². The molecule has 1 aliphatic heterocycles. The van der Waals surface area contributed by atoms with Gasteiger partial charge in [-0.05, 0) is 60.9 Å². The summed E-state index contributed by atoms with van der Waals surface area (Å²) in [6.07, 6.45) is 1.46. The van der Waals surface area contributed by atoms with Crippen molar-refractivity contribution < 1.29 is 18.0 Å². The maximum atomic E-state index is 12.9. The molecule has 0 radical (unpaired) electrons. The summed E-state index contributed by atoms with van der Waals surface area (Å²) < 4.78 is 40.8. The minimum absolute atomic E-state index is 0.118. The molecule has 1 fully saturated rings. The molecule has 4 rings (SSSR count). The number of alkyl halides is 3. The number of rotatable bonds is 6. The number of piperidine rings is 1. The molecule has 3 aromatic rings. The van der Waals surface area contributed by atoms with Crippen LogP contribution in [-0.4, -0.2) is 28.5 Å². The van der Waals surface area contributed by atoms with Crippen molar-refractivity contribution in [3.63, 3.8) is 0 Å². The molecule has 3 nitrogen and oxygen atoms in total. The van der Waals surface area contributed by atoms with Crippen molar-refractivity contribution in [2.24, 2.45) is 5.92 Å².